The molecule has 0 aromatic heterocycles. The molecule has 8 nitrogen and oxygen atoms in total. The quantitative estimate of drug-likeness (QED) is 0.101. The molecular weight excluding hydrogens is 578 g/mol. The molecule has 0 spiro atoms. The fourth-order valence-electron chi connectivity index (χ4n) is 3.10. The van der Waals surface area contributed by atoms with Crippen molar-refractivity contribution in [2.45, 2.75) is 0 Å². The van der Waals surface area contributed by atoms with E-state index in [2.05, 4.69) is 0 Å². The van der Waals surface area contributed by atoms with E-state index < -0.39 is 18.5 Å². The number of methoxy groups -OCH3 is 1. The van der Waals surface area contributed by atoms with Crippen molar-refractivity contribution in [3.8, 4) is 23.3 Å². The van der Waals surface area contributed by atoms with E-state index in [9.17, 15) is 14.9 Å². The molecule has 2 aromatic rings. The lowest BCUT2D eigenvalue weighted by Crippen LogP contribution is -2.41. The summed E-state index contributed by atoms with van der Waals surface area (Å²) in [7, 11) is 1.37. The van der Waals surface area contributed by atoms with Crippen molar-refractivity contribution in [1.82, 2.24) is 4.90 Å². The van der Waals surface area contributed by atoms with Crippen molar-refractivity contribution in [2.24, 2.45) is 0 Å². The number of nitrogens with zero attached hydrogens (tertiary/aromatic N) is 2. The average molecular weight is 595 g/mol. The fraction of sp³-hybridized carbons (Fsp3) is 0.261. The van der Waals surface area contributed by atoms with Gasteiger partial charge in [-0.15, -0.1) is 0 Å². The van der Waals surface area contributed by atoms with Crippen LogP contribution < -0.4 is 14.2 Å². The Morgan fingerprint density at radius 2 is 1.64 bits per heavy atom. The summed E-state index contributed by atoms with van der Waals surface area (Å²) >= 11 is 30.1. The predicted molar refractivity (Wildman–Crippen MR) is 137 cm³/mol. The maximum absolute atomic E-state index is 12.6. The van der Waals surface area contributed by atoms with Crippen LogP contribution in [0.3, 0.4) is 0 Å². The van der Waals surface area contributed by atoms with Crippen molar-refractivity contribution < 1.29 is 28.5 Å². The molecule has 0 saturated carbocycles. The van der Waals surface area contributed by atoms with Crippen LogP contribution in [0.25, 0.3) is 6.08 Å². The van der Waals surface area contributed by atoms with Gasteiger partial charge in [-0.2, -0.15) is 5.26 Å². The summed E-state index contributed by atoms with van der Waals surface area (Å²) in [5, 5.41) is 9.04. The Hall–Kier alpha value is -2.38. The first-order valence-corrected chi connectivity index (χ1v) is 12.1. The summed E-state index contributed by atoms with van der Waals surface area (Å²) in [4.78, 5) is 26.6. The molecule has 1 aliphatic rings. The van der Waals surface area contributed by atoms with Gasteiger partial charge in [0, 0.05) is 13.1 Å². The van der Waals surface area contributed by atoms with Crippen LogP contribution >= 0.6 is 58.0 Å². The van der Waals surface area contributed by atoms with E-state index in [0.29, 0.717) is 31.9 Å². The first-order chi connectivity index (χ1) is 17.2. The van der Waals surface area contributed by atoms with E-state index in [-0.39, 0.29) is 47.9 Å². The molecular formula is C23H17Cl5N2O6. The zero-order valence-corrected chi connectivity index (χ0v) is 22.4. The number of nitriles is 1. The fourth-order valence-corrected chi connectivity index (χ4v) is 4.33. The van der Waals surface area contributed by atoms with Gasteiger partial charge in [-0.3, -0.25) is 4.79 Å². The summed E-state index contributed by atoms with van der Waals surface area (Å²) in [5.74, 6) is -1.08. The summed E-state index contributed by atoms with van der Waals surface area (Å²) in [5.41, 5.74) is 0.441. The second-order valence-electron chi connectivity index (χ2n) is 7.15. The molecule has 1 fully saturated rings. The summed E-state index contributed by atoms with van der Waals surface area (Å²) < 4.78 is 21.2. The first-order valence-electron chi connectivity index (χ1n) is 10.2. The lowest BCUT2D eigenvalue weighted by atomic mass is 10.1. The van der Waals surface area contributed by atoms with Crippen LogP contribution in [-0.2, 0) is 14.3 Å². The number of hydrogen-bond acceptors (Lipinski definition) is 7. The van der Waals surface area contributed by atoms with Gasteiger partial charge in [0.2, 0.25) is 0 Å². The molecule has 0 N–H and O–H groups in total. The van der Waals surface area contributed by atoms with E-state index >= 15 is 0 Å². The van der Waals surface area contributed by atoms with Gasteiger partial charge in [0.15, 0.2) is 23.9 Å². The van der Waals surface area contributed by atoms with Gasteiger partial charge in [-0.1, -0.05) is 64.1 Å². The minimum absolute atomic E-state index is 0.0478. The van der Waals surface area contributed by atoms with Crippen LogP contribution in [0.5, 0.6) is 17.2 Å². The number of benzene rings is 2. The Kier molecular flexibility index (Phi) is 9.97. The summed E-state index contributed by atoms with van der Waals surface area (Å²) in [6.07, 6.45) is 1.42. The maximum atomic E-state index is 12.6. The number of carbonyl (C=O) groups is 2. The molecule has 2 aromatic carbocycles. The van der Waals surface area contributed by atoms with E-state index in [1.54, 1.807) is 11.0 Å². The highest BCUT2D eigenvalue weighted by Crippen LogP contribution is 2.48. The highest BCUT2D eigenvalue weighted by atomic mass is 35.5. The third-order valence-corrected chi connectivity index (χ3v) is 7.12. The van der Waals surface area contributed by atoms with Crippen molar-refractivity contribution in [3.63, 3.8) is 0 Å². The van der Waals surface area contributed by atoms with Crippen LogP contribution in [0.2, 0.25) is 25.1 Å². The van der Waals surface area contributed by atoms with Gasteiger partial charge in [0.25, 0.3) is 5.91 Å². The number of esters is 1. The Labute approximate surface area is 231 Å². The molecule has 190 valence electrons. The molecule has 0 radical (unpaired) electrons. The lowest BCUT2D eigenvalue weighted by Gasteiger charge is -2.26. The molecule has 0 aliphatic carbocycles. The van der Waals surface area contributed by atoms with E-state index in [1.807, 2.05) is 6.07 Å². The number of ether oxygens (including phenoxy) is 4. The maximum Gasteiger partial charge on any atom is 0.349 e. The Morgan fingerprint density at radius 1 is 1.03 bits per heavy atom. The molecule has 13 heteroatoms. The average Bonchev–Trinajstić information content (AvgIpc) is 2.90. The minimum atomic E-state index is -0.814. The van der Waals surface area contributed by atoms with E-state index in [4.69, 9.17) is 77.0 Å². The molecule has 0 unspecified atom stereocenters. The molecule has 36 heavy (non-hydrogen) atoms. The number of amides is 1. The smallest absolute Gasteiger partial charge is 0.349 e. The lowest BCUT2D eigenvalue weighted by molar-refractivity contribution is -0.136. The van der Waals surface area contributed by atoms with Crippen LogP contribution in [0.4, 0.5) is 0 Å². The van der Waals surface area contributed by atoms with Gasteiger partial charge in [-0.05, 0) is 23.8 Å². The highest BCUT2D eigenvalue weighted by molar-refractivity contribution is 6.55. The largest absolute Gasteiger partial charge is 0.493 e. The minimum Gasteiger partial charge on any atom is -0.493 e. The first kappa shape index (κ1) is 28.2. The topological polar surface area (TPSA) is 98.1 Å². The number of hydrogen-bond donors (Lipinski definition) is 0. The summed E-state index contributed by atoms with van der Waals surface area (Å²) in [6, 6.07) is 6.45. The van der Waals surface area contributed by atoms with Gasteiger partial charge in [0.05, 0.1) is 35.4 Å². The molecule has 1 heterocycles. The van der Waals surface area contributed by atoms with Crippen LogP contribution in [-0.4, -0.2) is 56.8 Å². The van der Waals surface area contributed by atoms with Crippen molar-refractivity contribution in [3.05, 3.63) is 54.4 Å². The van der Waals surface area contributed by atoms with Crippen LogP contribution in [0.15, 0.2) is 23.8 Å². The standard InChI is InChI=1S/C23H17Cl5N2O6/c1-33-15-9-12(8-13(10-29)23(32)30-4-6-34-7-5-30)2-3-14(15)36-16(31)11-35-22-20(27)18(25)17(24)19(26)21(22)28/h2-3,8-9H,4-7,11H2,1H3/b13-8+. The molecule has 3 rings (SSSR count). The second kappa shape index (κ2) is 12.7. The molecule has 1 saturated heterocycles. The van der Waals surface area contributed by atoms with E-state index in [0.717, 1.165) is 0 Å². The number of rotatable bonds is 7. The normalized spacial score (nSPS) is 13.7. The monoisotopic (exact) mass is 592 g/mol. The van der Waals surface area contributed by atoms with Gasteiger partial charge in [-0.25, -0.2) is 4.79 Å². The zero-order chi connectivity index (χ0) is 26.4. The SMILES string of the molecule is COc1cc(/C=C(\C#N)C(=O)N2CCOCC2)ccc1OC(=O)COc1c(Cl)c(Cl)c(Cl)c(Cl)c1Cl. The molecule has 0 atom stereocenters. The van der Waals surface area contributed by atoms with Gasteiger partial charge < -0.3 is 23.8 Å². The Balaban J connectivity index is 1.72. The van der Waals surface area contributed by atoms with Crippen molar-refractivity contribution >= 4 is 76.0 Å². The number of morpholine rings is 1. The molecule has 0 bridgehead atoms. The second-order valence-corrected chi connectivity index (χ2v) is 9.04. The number of carbonyl (C=O) groups excluding carboxylic acids is 2. The van der Waals surface area contributed by atoms with Gasteiger partial charge in [0.1, 0.15) is 21.7 Å². The molecule has 1 amide bonds. The Morgan fingerprint density at radius 3 is 2.22 bits per heavy atom. The van der Waals surface area contributed by atoms with E-state index in [1.165, 1.54) is 25.3 Å². The third kappa shape index (κ3) is 6.48. The van der Waals surface area contributed by atoms with Crippen LogP contribution in [0.1, 0.15) is 5.56 Å². The predicted octanol–water partition coefficient (Wildman–Crippen LogP) is 5.71. The highest BCUT2D eigenvalue weighted by Gasteiger charge is 2.23. The zero-order valence-electron chi connectivity index (χ0n) is 18.6. The third-order valence-electron chi connectivity index (χ3n) is 4.88. The van der Waals surface area contributed by atoms with Crippen molar-refractivity contribution in [1.29, 1.82) is 5.26 Å². The van der Waals surface area contributed by atoms with Gasteiger partial charge >= 0.3 is 5.97 Å². The van der Waals surface area contributed by atoms with Crippen LogP contribution in [0, 0.1) is 11.3 Å². The Bertz CT molecular complexity index is 1230. The summed E-state index contributed by atoms with van der Waals surface area (Å²) in [6.45, 7) is 1.05. The van der Waals surface area contributed by atoms with Crippen molar-refractivity contribution in [2.75, 3.05) is 40.0 Å². The molecule has 1 aliphatic heterocycles. The number of halogens is 5.